The molecule has 8 heteroatoms. The molecule has 0 aliphatic carbocycles. The van der Waals surface area contributed by atoms with E-state index in [9.17, 15) is 9.90 Å². The van der Waals surface area contributed by atoms with Crippen molar-refractivity contribution in [3.63, 3.8) is 0 Å². The second-order valence-electron chi connectivity index (χ2n) is 6.20. The van der Waals surface area contributed by atoms with E-state index in [4.69, 9.17) is 13.1 Å². The number of carboxylic acids is 1. The molecule has 0 aliphatic heterocycles. The van der Waals surface area contributed by atoms with E-state index in [1.54, 1.807) is 24.3 Å². The molecule has 0 radical (unpaired) electrons. The standard InChI is InChI=1S/C19H14N6O2/c1-19(2,13-8-5-7-12(23-13)18(26)27)14-9-6-10-15(24-14)25-11-22-16(20-3)17(25)21-4/h5-11H,1-2H3,(H,26,27). The van der Waals surface area contributed by atoms with Crippen LogP contribution in [0.5, 0.6) is 0 Å². The highest BCUT2D eigenvalue weighted by Crippen LogP contribution is 2.32. The summed E-state index contributed by atoms with van der Waals surface area (Å²) in [6.07, 6.45) is 1.39. The van der Waals surface area contributed by atoms with Gasteiger partial charge in [-0.05, 0) is 32.0 Å². The molecule has 3 rings (SSSR count). The minimum atomic E-state index is -1.10. The molecule has 0 saturated heterocycles. The van der Waals surface area contributed by atoms with Crippen LogP contribution in [0.4, 0.5) is 11.6 Å². The summed E-state index contributed by atoms with van der Waals surface area (Å²) in [7, 11) is 0. The number of aromatic carboxylic acids is 1. The number of carboxylic acid groups (broad SMARTS) is 1. The van der Waals surface area contributed by atoms with E-state index in [-0.39, 0.29) is 17.3 Å². The molecule has 3 aromatic rings. The van der Waals surface area contributed by atoms with E-state index in [2.05, 4.69) is 24.6 Å². The van der Waals surface area contributed by atoms with Gasteiger partial charge in [-0.15, -0.1) is 0 Å². The first kappa shape index (κ1) is 17.8. The average molecular weight is 358 g/mol. The molecule has 27 heavy (non-hydrogen) atoms. The number of aromatic nitrogens is 4. The van der Waals surface area contributed by atoms with Crippen LogP contribution in [-0.4, -0.2) is 30.6 Å². The molecule has 0 amide bonds. The number of imidazole rings is 1. The Hall–Kier alpha value is -4.04. The topological polar surface area (TPSA) is 89.6 Å². The van der Waals surface area contributed by atoms with Crippen LogP contribution in [0.3, 0.4) is 0 Å². The predicted octanol–water partition coefficient (Wildman–Crippen LogP) is 3.79. The van der Waals surface area contributed by atoms with E-state index in [0.717, 1.165) is 0 Å². The fourth-order valence-corrected chi connectivity index (χ4v) is 2.62. The molecule has 0 aliphatic rings. The van der Waals surface area contributed by atoms with Crippen molar-refractivity contribution >= 4 is 17.6 Å². The fourth-order valence-electron chi connectivity index (χ4n) is 2.62. The Morgan fingerprint density at radius 2 is 1.74 bits per heavy atom. The van der Waals surface area contributed by atoms with Crippen LogP contribution < -0.4 is 0 Å². The highest BCUT2D eigenvalue weighted by Gasteiger charge is 2.28. The average Bonchev–Trinajstić information content (AvgIpc) is 3.11. The smallest absolute Gasteiger partial charge is 0.354 e. The lowest BCUT2D eigenvalue weighted by Gasteiger charge is -2.24. The van der Waals surface area contributed by atoms with E-state index in [1.807, 2.05) is 19.9 Å². The molecule has 0 aromatic carbocycles. The highest BCUT2D eigenvalue weighted by atomic mass is 16.4. The van der Waals surface area contributed by atoms with Crippen molar-refractivity contribution in [2.24, 2.45) is 0 Å². The maximum absolute atomic E-state index is 11.2. The largest absolute Gasteiger partial charge is 0.477 e. The lowest BCUT2D eigenvalue weighted by Crippen LogP contribution is -2.23. The van der Waals surface area contributed by atoms with Crippen molar-refractivity contribution in [3.8, 4) is 5.82 Å². The zero-order valence-electron chi connectivity index (χ0n) is 14.6. The Morgan fingerprint density at radius 1 is 1.07 bits per heavy atom. The summed E-state index contributed by atoms with van der Waals surface area (Å²) >= 11 is 0. The van der Waals surface area contributed by atoms with Crippen LogP contribution in [0.15, 0.2) is 42.7 Å². The van der Waals surface area contributed by atoms with Gasteiger partial charge < -0.3 is 14.8 Å². The van der Waals surface area contributed by atoms with Crippen molar-refractivity contribution in [2.45, 2.75) is 19.3 Å². The van der Waals surface area contributed by atoms with Crippen molar-refractivity contribution < 1.29 is 9.90 Å². The summed E-state index contributed by atoms with van der Waals surface area (Å²) < 4.78 is 1.46. The first-order valence-electron chi connectivity index (χ1n) is 7.89. The molecular formula is C19H14N6O2. The molecule has 0 saturated carbocycles. The monoisotopic (exact) mass is 358 g/mol. The molecule has 0 spiro atoms. The maximum atomic E-state index is 11.2. The van der Waals surface area contributed by atoms with Crippen LogP contribution in [0.25, 0.3) is 15.5 Å². The number of carbonyl (C=O) groups is 1. The van der Waals surface area contributed by atoms with Crippen LogP contribution in [0, 0.1) is 13.1 Å². The summed E-state index contributed by atoms with van der Waals surface area (Å²) in [5, 5.41) is 9.18. The zero-order chi connectivity index (χ0) is 19.6. The zero-order valence-corrected chi connectivity index (χ0v) is 14.6. The Morgan fingerprint density at radius 3 is 2.37 bits per heavy atom. The molecule has 8 nitrogen and oxygen atoms in total. The van der Waals surface area contributed by atoms with Gasteiger partial charge in [0.2, 0.25) is 5.82 Å². The second kappa shape index (κ2) is 6.70. The maximum Gasteiger partial charge on any atom is 0.354 e. The van der Waals surface area contributed by atoms with Crippen LogP contribution in [0.1, 0.15) is 35.7 Å². The summed E-state index contributed by atoms with van der Waals surface area (Å²) in [6.45, 7) is 18.2. The second-order valence-corrected chi connectivity index (χ2v) is 6.20. The summed E-state index contributed by atoms with van der Waals surface area (Å²) in [5.74, 6) is -0.532. The summed E-state index contributed by atoms with van der Waals surface area (Å²) in [4.78, 5) is 30.6. The number of hydrogen-bond donors (Lipinski definition) is 1. The van der Waals surface area contributed by atoms with Gasteiger partial charge in [0.25, 0.3) is 18.0 Å². The minimum Gasteiger partial charge on any atom is -0.477 e. The van der Waals surface area contributed by atoms with Gasteiger partial charge in [-0.1, -0.05) is 30.3 Å². The molecule has 1 N–H and O–H groups in total. The minimum absolute atomic E-state index is 0.0206. The van der Waals surface area contributed by atoms with E-state index < -0.39 is 11.4 Å². The molecule has 0 atom stereocenters. The number of pyridine rings is 2. The van der Waals surface area contributed by atoms with E-state index in [1.165, 1.54) is 17.0 Å². The van der Waals surface area contributed by atoms with Gasteiger partial charge in [-0.25, -0.2) is 19.3 Å². The third-order valence-electron chi connectivity index (χ3n) is 4.17. The van der Waals surface area contributed by atoms with Crippen molar-refractivity contribution in [1.82, 2.24) is 19.5 Å². The molecule has 0 fully saturated rings. The Bertz CT molecular complexity index is 1120. The molecule has 3 heterocycles. The lowest BCUT2D eigenvalue weighted by molar-refractivity contribution is 0.0690. The molecule has 0 unspecified atom stereocenters. The number of rotatable bonds is 4. The third kappa shape index (κ3) is 3.12. The fraction of sp³-hybridized carbons (Fsp3) is 0.158. The van der Waals surface area contributed by atoms with Crippen LogP contribution >= 0.6 is 0 Å². The Kier molecular flexibility index (Phi) is 4.41. The Labute approximate surface area is 155 Å². The number of nitrogens with zero attached hydrogens (tertiary/aromatic N) is 6. The van der Waals surface area contributed by atoms with Crippen molar-refractivity contribution in [2.75, 3.05) is 0 Å². The van der Waals surface area contributed by atoms with E-state index >= 15 is 0 Å². The molecule has 132 valence electrons. The quantitative estimate of drug-likeness (QED) is 0.717. The summed E-state index contributed by atoms with van der Waals surface area (Å²) in [5.41, 5.74) is 0.487. The highest BCUT2D eigenvalue weighted by molar-refractivity contribution is 5.85. The van der Waals surface area contributed by atoms with Gasteiger partial charge in [0, 0.05) is 11.5 Å². The van der Waals surface area contributed by atoms with E-state index in [0.29, 0.717) is 17.2 Å². The Balaban J connectivity index is 2.09. The predicted molar refractivity (Wildman–Crippen MR) is 97.2 cm³/mol. The lowest BCUT2D eigenvalue weighted by atomic mass is 9.84. The first-order chi connectivity index (χ1) is 12.9. The molecule has 3 aromatic heterocycles. The van der Waals surface area contributed by atoms with Crippen LogP contribution in [0.2, 0.25) is 0 Å². The molecular weight excluding hydrogens is 344 g/mol. The number of hydrogen-bond acceptors (Lipinski definition) is 4. The van der Waals surface area contributed by atoms with Gasteiger partial charge in [-0.3, -0.25) is 0 Å². The third-order valence-corrected chi connectivity index (χ3v) is 4.17. The normalized spacial score (nSPS) is 10.8. The van der Waals surface area contributed by atoms with Gasteiger partial charge in [-0.2, -0.15) is 0 Å². The van der Waals surface area contributed by atoms with Gasteiger partial charge >= 0.3 is 5.97 Å². The van der Waals surface area contributed by atoms with Gasteiger partial charge in [0.05, 0.1) is 11.4 Å². The van der Waals surface area contributed by atoms with Gasteiger partial charge in [0.1, 0.15) is 5.69 Å². The van der Waals surface area contributed by atoms with Crippen LogP contribution in [-0.2, 0) is 5.41 Å². The van der Waals surface area contributed by atoms with Crippen molar-refractivity contribution in [1.29, 1.82) is 0 Å². The SMILES string of the molecule is [C-]#[N+]c1ncn(-c2cccc(C(C)(C)c3cccc(C(=O)O)n3)n2)c1[N+]#[C-]. The first-order valence-corrected chi connectivity index (χ1v) is 7.89. The van der Waals surface area contributed by atoms with Gasteiger partial charge in [0.15, 0.2) is 0 Å². The molecule has 0 bridgehead atoms. The summed E-state index contributed by atoms with van der Waals surface area (Å²) in [6, 6.07) is 10.1. The van der Waals surface area contributed by atoms with Crippen molar-refractivity contribution in [3.05, 3.63) is 82.6 Å².